The highest BCUT2D eigenvalue weighted by Gasteiger charge is 2.02. The molecule has 0 aliphatic carbocycles. The van der Waals surface area contributed by atoms with Crippen LogP contribution in [0.5, 0.6) is 0 Å². The molecule has 0 aliphatic heterocycles. The van der Waals surface area contributed by atoms with Gasteiger partial charge >= 0.3 is 6.03 Å². The second-order valence-electron chi connectivity index (χ2n) is 1.92. The van der Waals surface area contributed by atoms with Crippen molar-refractivity contribution in [3.63, 3.8) is 0 Å². The molecule has 0 heterocycles. The van der Waals surface area contributed by atoms with Gasteiger partial charge in [-0.15, -0.1) is 0 Å². The number of rotatable bonds is 3. The van der Waals surface area contributed by atoms with Crippen LogP contribution < -0.4 is 5.73 Å². The number of primary amides is 1. The first kappa shape index (κ1) is 8.27. The predicted molar refractivity (Wildman–Crippen MR) is 39.2 cm³/mol. The van der Waals surface area contributed by atoms with Gasteiger partial charge in [0.2, 0.25) is 0 Å². The summed E-state index contributed by atoms with van der Waals surface area (Å²) in [6, 6.07) is -0.320. The first-order chi connectivity index (χ1) is 4.22. The molecule has 2 amide bonds. The van der Waals surface area contributed by atoms with E-state index in [9.17, 15) is 4.79 Å². The highest BCUT2D eigenvalue weighted by atomic mass is 16.2. The summed E-state index contributed by atoms with van der Waals surface area (Å²) in [5.41, 5.74) is 5.02. The van der Waals surface area contributed by atoms with E-state index in [2.05, 4.69) is 0 Å². The van der Waals surface area contributed by atoms with Gasteiger partial charge in [0.25, 0.3) is 0 Å². The molecule has 0 aromatic heterocycles. The smallest absolute Gasteiger partial charge is 0.314 e. The van der Waals surface area contributed by atoms with E-state index in [-0.39, 0.29) is 7.46 Å². The fourth-order valence-electron chi connectivity index (χ4n) is 0.694. The Morgan fingerprint density at radius 3 is 2.33 bits per heavy atom. The molecule has 0 saturated carbocycles. The molecule has 0 bridgehead atoms. The first-order valence-corrected chi connectivity index (χ1v) is 3.26. The van der Waals surface area contributed by atoms with Gasteiger partial charge in [-0.1, -0.05) is 6.92 Å². The highest BCUT2D eigenvalue weighted by Crippen LogP contribution is 1.88. The van der Waals surface area contributed by atoms with Gasteiger partial charge in [0.05, 0.1) is 0 Å². The van der Waals surface area contributed by atoms with E-state index in [0.717, 1.165) is 13.0 Å². The maximum Gasteiger partial charge on any atom is 0.314 e. The van der Waals surface area contributed by atoms with Crippen molar-refractivity contribution >= 4 is 6.03 Å². The lowest BCUT2D eigenvalue weighted by atomic mass is 10.4. The lowest BCUT2D eigenvalue weighted by Gasteiger charge is -2.15. The van der Waals surface area contributed by atoms with Crippen LogP contribution >= 0.6 is 0 Å². The molecule has 0 saturated heterocycles. The summed E-state index contributed by atoms with van der Waals surface area (Å²) in [5, 5.41) is 0. The van der Waals surface area contributed by atoms with E-state index >= 15 is 0 Å². The maximum atomic E-state index is 10.5. The topological polar surface area (TPSA) is 46.3 Å². The molecular formula is C6H16N2O. The molecule has 0 aliphatic rings. The molecule has 0 aromatic carbocycles. The van der Waals surface area contributed by atoms with Gasteiger partial charge in [-0.05, 0) is 13.3 Å². The molecular weight excluding hydrogens is 116 g/mol. The van der Waals surface area contributed by atoms with Gasteiger partial charge in [-0.25, -0.2) is 4.79 Å². The summed E-state index contributed by atoms with van der Waals surface area (Å²) in [4.78, 5) is 12.1. The number of nitrogens with two attached hydrogens (primary N) is 1. The number of hydrogen-bond donors (Lipinski definition) is 1. The van der Waals surface area contributed by atoms with Gasteiger partial charge in [-0.3, -0.25) is 0 Å². The number of carbonyl (C=O) groups is 1. The lowest BCUT2D eigenvalue weighted by molar-refractivity contribution is 0.210. The van der Waals surface area contributed by atoms with Crippen LogP contribution in [0.1, 0.15) is 21.7 Å². The summed E-state index contributed by atoms with van der Waals surface area (Å²) in [6.45, 7) is 5.42. The van der Waals surface area contributed by atoms with Crippen LogP contribution in [0.25, 0.3) is 0 Å². The van der Waals surface area contributed by atoms with Crippen molar-refractivity contribution in [3.8, 4) is 0 Å². The van der Waals surface area contributed by atoms with Gasteiger partial charge in [0, 0.05) is 14.5 Å². The van der Waals surface area contributed by atoms with Crippen molar-refractivity contribution in [1.82, 2.24) is 4.90 Å². The Kier molecular flexibility index (Phi) is 3.84. The molecule has 9 heavy (non-hydrogen) atoms. The SMILES string of the molecule is CCCN(CC)C(N)=O.[HH]. The summed E-state index contributed by atoms with van der Waals surface area (Å²) in [6.07, 6.45) is 0.969. The zero-order valence-corrected chi connectivity index (χ0v) is 6.05. The Morgan fingerprint density at radius 2 is 2.22 bits per heavy atom. The van der Waals surface area contributed by atoms with Crippen molar-refractivity contribution in [1.29, 1.82) is 0 Å². The van der Waals surface area contributed by atoms with E-state index in [1.54, 1.807) is 4.90 Å². The third kappa shape index (κ3) is 2.95. The van der Waals surface area contributed by atoms with Gasteiger partial charge in [0.1, 0.15) is 0 Å². The molecule has 0 unspecified atom stereocenters. The second-order valence-corrected chi connectivity index (χ2v) is 1.92. The molecule has 0 fully saturated rings. The standard InChI is InChI=1S/C6H14N2O.H2/c1-3-5-8(4-2)6(7)9;/h3-5H2,1-2H3,(H2,7,9);1H. The molecule has 0 aromatic rings. The largest absolute Gasteiger partial charge is 0.351 e. The van der Waals surface area contributed by atoms with Gasteiger partial charge in [-0.2, -0.15) is 0 Å². The zero-order chi connectivity index (χ0) is 7.28. The normalized spacial score (nSPS) is 9.11. The first-order valence-electron chi connectivity index (χ1n) is 3.26. The van der Waals surface area contributed by atoms with E-state index in [1.165, 1.54) is 0 Å². The van der Waals surface area contributed by atoms with Crippen LogP contribution in [-0.4, -0.2) is 24.0 Å². The van der Waals surface area contributed by atoms with Gasteiger partial charge in [0.15, 0.2) is 0 Å². The van der Waals surface area contributed by atoms with Crippen LogP contribution in [0.2, 0.25) is 0 Å². The van der Waals surface area contributed by atoms with E-state index in [1.807, 2.05) is 13.8 Å². The van der Waals surface area contributed by atoms with Crippen molar-refractivity contribution < 1.29 is 6.22 Å². The Bertz CT molecular complexity index is 97.7. The Balaban J connectivity index is 0. The molecule has 56 valence electrons. The van der Waals surface area contributed by atoms with Crippen LogP contribution in [0.3, 0.4) is 0 Å². The summed E-state index contributed by atoms with van der Waals surface area (Å²) >= 11 is 0. The minimum absolute atomic E-state index is 0. The molecule has 3 nitrogen and oxygen atoms in total. The predicted octanol–water partition coefficient (Wildman–Crippen LogP) is 1.04. The maximum absolute atomic E-state index is 10.5. The van der Waals surface area contributed by atoms with Crippen LogP contribution in [0.15, 0.2) is 0 Å². The fraction of sp³-hybridized carbons (Fsp3) is 0.833. The summed E-state index contributed by atoms with van der Waals surface area (Å²) in [5.74, 6) is 0. The number of amides is 2. The average Bonchev–Trinajstić information content (AvgIpc) is 1.82. The van der Waals surface area contributed by atoms with Crippen LogP contribution in [-0.2, 0) is 0 Å². The van der Waals surface area contributed by atoms with E-state index < -0.39 is 0 Å². The van der Waals surface area contributed by atoms with Crippen LogP contribution in [0.4, 0.5) is 4.79 Å². The van der Waals surface area contributed by atoms with Gasteiger partial charge < -0.3 is 10.6 Å². The second kappa shape index (κ2) is 4.18. The summed E-state index contributed by atoms with van der Waals surface area (Å²) < 4.78 is 0. The Labute approximate surface area is 57.3 Å². The van der Waals surface area contributed by atoms with Crippen molar-refractivity contribution in [2.45, 2.75) is 20.3 Å². The molecule has 0 radical (unpaired) electrons. The monoisotopic (exact) mass is 132 g/mol. The molecule has 0 atom stereocenters. The fourth-order valence-corrected chi connectivity index (χ4v) is 0.694. The van der Waals surface area contributed by atoms with E-state index in [4.69, 9.17) is 5.73 Å². The Morgan fingerprint density at radius 1 is 1.67 bits per heavy atom. The minimum Gasteiger partial charge on any atom is -0.351 e. The number of carbonyl (C=O) groups excluding carboxylic acids is 1. The van der Waals surface area contributed by atoms with Crippen LogP contribution in [0, 0.1) is 0 Å². The quantitative estimate of drug-likeness (QED) is 0.612. The number of urea groups is 1. The van der Waals surface area contributed by atoms with Crippen molar-refractivity contribution in [2.24, 2.45) is 5.73 Å². The molecule has 3 heteroatoms. The number of nitrogens with zero attached hydrogens (tertiary/aromatic N) is 1. The minimum atomic E-state index is -0.320. The number of hydrogen-bond acceptors (Lipinski definition) is 1. The highest BCUT2D eigenvalue weighted by molar-refractivity contribution is 5.71. The van der Waals surface area contributed by atoms with Crippen molar-refractivity contribution in [2.75, 3.05) is 13.1 Å². The Hall–Kier alpha value is -0.730. The third-order valence-corrected chi connectivity index (χ3v) is 1.19. The average molecular weight is 132 g/mol. The van der Waals surface area contributed by atoms with E-state index in [0.29, 0.717) is 6.54 Å². The summed E-state index contributed by atoms with van der Waals surface area (Å²) in [7, 11) is 0. The molecule has 0 rings (SSSR count). The lowest BCUT2D eigenvalue weighted by Crippen LogP contribution is -2.35. The molecule has 2 N–H and O–H groups in total. The third-order valence-electron chi connectivity index (χ3n) is 1.19. The zero-order valence-electron chi connectivity index (χ0n) is 6.05. The molecule has 0 spiro atoms. The van der Waals surface area contributed by atoms with Crippen molar-refractivity contribution in [3.05, 3.63) is 0 Å².